The lowest BCUT2D eigenvalue weighted by molar-refractivity contribution is 0.0697. The molecule has 2 N–H and O–H groups in total. The fourth-order valence-corrected chi connectivity index (χ4v) is 6.18. The Morgan fingerprint density at radius 1 is 0.909 bits per heavy atom. The Labute approximate surface area is 258 Å². The van der Waals surface area contributed by atoms with Crippen LogP contribution in [0.25, 0.3) is 44.9 Å². The highest BCUT2D eigenvalue weighted by Crippen LogP contribution is 2.37. The highest BCUT2D eigenvalue weighted by molar-refractivity contribution is 6.30. The van der Waals surface area contributed by atoms with Crippen molar-refractivity contribution in [2.24, 2.45) is 0 Å². The van der Waals surface area contributed by atoms with E-state index in [1.165, 1.54) is 19.3 Å². The van der Waals surface area contributed by atoms with Crippen LogP contribution in [0.3, 0.4) is 0 Å². The van der Waals surface area contributed by atoms with Gasteiger partial charge in [-0.2, -0.15) is 5.21 Å². The fourth-order valence-electron chi connectivity index (χ4n) is 6.05. The number of carbonyl (C=O) groups is 1. The van der Waals surface area contributed by atoms with Gasteiger partial charge < -0.3 is 14.4 Å². The van der Waals surface area contributed by atoms with E-state index in [4.69, 9.17) is 21.3 Å². The smallest absolute Gasteiger partial charge is 0.335 e. The number of aromatic amines is 1. The standard InChI is InChI=1S/C34H29ClN6O3/c35-26-12-6-21(7-13-26)29-16-10-23(32-37-39-40-38-32)18-25(29)20-44-28-14-8-22(9-15-28)33-36-30-19-24(34(42)43)11-17-31(30)41(33)27-4-2-1-3-5-27/h6-19,27H,1-5,20H2,(H,42,43)(H,37,38,39,40). The zero-order valence-electron chi connectivity index (χ0n) is 23.8. The van der Waals surface area contributed by atoms with Gasteiger partial charge in [0.1, 0.15) is 18.2 Å². The summed E-state index contributed by atoms with van der Waals surface area (Å²) in [6.45, 7) is 0.321. The number of aromatic nitrogens is 6. The van der Waals surface area contributed by atoms with Crippen molar-refractivity contribution in [1.29, 1.82) is 0 Å². The molecule has 0 amide bonds. The number of carboxylic acid groups (broad SMARTS) is 1. The maximum atomic E-state index is 11.6. The second-order valence-electron chi connectivity index (χ2n) is 11.0. The molecule has 0 unspecified atom stereocenters. The largest absolute Gasteiger partial charge is 0.489 e. The number of ether oxygens (including phenoxy) is 1. The zero-order chi connectivity index (χ0) is 30.0. The van der Waals surface area contributed by atoms with Gasteiger partial charge in [0.25, 0.3) is 0 Å². The third-order valence-corrected chi connectivity index (χ3v) is 8.50. The summed E-state index contributed by atoms with van der Waals surface area (Å²) < 4.78 is 8.61. The fraction of sp³-hybridized carbons (Fsp3) is 0.206. The van der Waals surface area contributed by atoms with Crippen LogP contribution in [0.15, 0.2) is 84.9 Å². The number of H-pyrrole nitrogens is 1. The lowest BCUT2D eigenvalue weighted by atomic mass is 9.95. The van der Waals surface area contributed by atoms with Crippen LogP contribution in [-0.4, -0.2) is 41.3 Å². The minimum atomic E-state index is -0.954. The molecular formula is C34H29ClN6O3. The molecule has 4 aromatic carbocycles. The number of tetrazole rings is 1. The number of halogens is 1. The van der Waals surface area contributed by atoms with Crippen LogP contribution in [0.4, 0.5) is 0 Å². The SMILES string of the molecule is O=C(O)c1ccc2c(c1)nc(-c1ccc(OCc3cc(-c4nn[nH]n4)ccc3-c3ccc(Cl)cc3)cc1)n2C1CCCCC1. The Bertz CT molecular complexity index is 1930. The molecule has 6 aromatic rings. The zero-order valence-corrected chi connectivity index (χ0v) is 24.5. The summed E-state index contributed by atoms with van der Waals surface area (Å²) in [4.78, 5) is 16.6. The molecule has 1 aliphatic rings. The maximum Gasteiger partial charge on any atom is 0.335 e. The summed E-state index contributed by atoms with van der Waals surface area (Å²) in [7, 11) is 0. The summed E-state index contributed by atoms with van der Waals surface area (Å²) in [6, 6.07) is 27.2. The van der Waals surface area contributed by atoms with E-state index >= 15 is 0 Å². The molecule has 0 aliphatic heterocycles. The summed E-state index contributed by atoms with van der Waals surface area (Å²) >= 11 is 6.14. The lowest BCUT2D eigenvalue weighted by Crippen LogP contribution is -2.14. The van der Waals surface area contributed by atoms with Crippen molar-refractivity contribution in [2.75, 3.05) is 0 Å². The van der Waals surface area contributed by atoms with Crippen LogP contribution >= 0.6 is 11.6 Å². The van der Waals surface area contributed by atoms with E-state index in [2.05, 4.69) is 25.2 Å². The third-order valence-electron chi connectivity index (χ3n) is 8.25. The molecule has 2 heterocycles. The van der Waals surface area contributed by atoms with Crippen LogP contribution < -0.4 is 4.74 Å². The summed E-state index contributed by atoms with van der Waals surface area (Å²) in [5.41, 5.74) is 6.70. The van der Waals surface area contributed by atoms with Crippen molar-refractivity contribution >= 4 is 28.6 Å². The van der Waals surface area contributed by atoms with E-state index in [1.807, 2.05) is 72.8 Å². The number of carboxylic acids is 1. The molecule has 7 rings (SSSR count). The summed E-state index contributed by atoms with van der Waals surface area (Å²) in [6.07, 6.45) is 5.76. The van der Waals surface area contributed by atoms with Crippen molar-refractivity contribution in [3.63, 3.8) is 0 Å². The maximum absolute atomic E-state index is 11.6. The Hall–Kier alpha value is -5.02. The highest BCUT2D eigenvalue weighted by atomic mass is 35.5. The van der Waals surface area contributed by atoms with Crippen LogP contribution in [-0.2, 0) is 6.61 Å². The Morgan fingerprint density at radius 3 is 2.39 bits per heavy atom. The first kappa shape index (κ1) is 27.8. The monoisotopic (exact) mass is 604 g/mol. The van der Waals surface area contributed by atoms with Crippen molar-refractivity contribution in [3.8, 4) is 39.7 Å². The molecule has 9 nitrogen and oxygen atoms in total. The topological polar surface area (TPSA) is 119 Å². The first-order chi connectivity index (χ1) is 21.5. The first-order valence-electron chi connectivity index (χ1n) is 14.6. The molecule has 0 atom stereocenters. The average molecular weight is 605 g/mol. The number of hydrogen-bond acceptors (Lipinski definition) is 6. The number of nitrogens with zero attached hydrogens (tertiary/aromatic N) is 5. The Morgan fingerprint density at radius 2 is 1.66 bits per heavy atom. The van der Waals surface area contributed by atoms with Gasteiger partial charge in [0.15, 0.2) is 0 Å². The van der Waals surface area contributed by atoms with Crippen LogP contribution in [0.5, 0.6) is 5.75 Å². The van der Waals surface area contributed by atoms with Crippen LogP contribution in [0, 0.1) is 0 Å². The molecule has 0 saturated heterocycles. The van der Waals surface area contributed by atoms with Gasteiger partial charge in [-0.25, -0.2) is 9.78 Å². The number of rotatable bonds is 8. The number of benzene rings is 4. The van der Waals surface area contributed by atoms with Gasteiger partial charge in [0, 0.05) is 22.2 Å². The Balaban J connectivity index is 1.19. The molecule has 10 heteroatoms. The van der Waals surface area contributed by atoms with Crippen molar-refractivity contribution in [2.45, 2.75) is 44.8 Å². The number of fused-ring (bicyclic) bond motifs is 1. The Kier molecular flexibility index (Phi) is 7.54. The predicted molar refractivity (Wildman–Crippen MR) is 169 cm³/mol. The number of aromatic carboxylic acids is 1. The number of hydrogen-bond donors (Lipinski definition) is 2. The molecule has 44 heavy (non-hydrogen) atoms. The van der Waals surface area contributed by atoms with Crippen molar-refractivity contribution in [1.82, 2.24) is 30.2 Å². The molecule has 220 valence electrons. The summed E-state index contributed by atoms with van der Waals surface area (Å²) in [5, 5.41) is 24.7. The minimum Gasteiger partial charge on any atom is -0.489 e. The third kappa shape index (κ3) is 5.54. The normalized spacial score (nSPS) is 13.8. The quantitative estimate of drug-likeness (QED) is 0.181. The van der Waals surface area contributed by atoms with Crippen molar-refractivity contribution < 1.29 is 14.6 Å². The minimum absolute atomic E-state index is 0.238. The second kappa shape index (κ2) is 11.9. The summed E-state index contributed by atoms with van der Waals surface area (Å²) in [5.74, 6) is 1.12. The second-order valence-corrected chi connectivity index (χ2v) is 11.5. The molecule has 1 fully saturated rings. The van der Waals surface area contributed by atoms with E-state index in [0.29, 0.717) is 34.8 Å². The van der Waals surface area contributed by atoms with E-state index in [0.717, 1.165) is 52.0 Å². The first-order valence-corrected chi connectivity index (χ1v) is 15.0. The molecular weight excluding hydrogens is 576 g/mol. The van der Waals surface area contributed by atoms with Gasteiger partial charge in [0.2, 0.25) is 5.82 Å². The van der Waals surface area contributed by atoms with Gasteiger partial charge in [0.05, 0.1) is 16.6 Å². The van der Waals surface area contributed by atoms with Gasteiger partial charge in [-0.05, 0) is 95.4 Å². The van der Waals surface area contributed by atoms with Gasteiger partial charge in [-0.1, -0.05) is 55.1 Å². The van der Waals surface area contributed by atoms with Gasteiger partial charge >= 0.3 is 5.97 Å². The highest BCUT2D eigenvalue weighted by Gasteiger charge is 2.23. The van der Waals surface area contributed by atoms with E-state index in [-0.39, 0.29) is 5.56 Å². The van der Waals surface area contributed by atoms with E-state index in [1.54, 1.807) is 12.1 Å². The van der Waals surface area contributed by atoms with Gasteiger partial charge in [-0.3, -0.25) is 0 Å². The van der Waals surface area contributed by atoms with Gasteiger partial charge in [-0.15, -0.1) is 10.2 Å². The predicted octanol–water partition coefficient (Wildman–Crippen LogP) is 7.99. The van der Waals surface area contributed by atoms with E-state index < -0.39 is 5.97 Å². The number of imidazole rings is 1. The van der Waals surface area contributed by atoms with Crippen LogP contribution in [0.1, 0.15) is 54.1 Å². The molecule has 0 bridgehead atoms. The molecule has 1 aliphatic carbocycles. The molecule has 0 radical (unpaired) electrons. The lowest BCUT2D eigenvalue weighted by Gasteiger charge is -2.25. The van der Waals surface area contributed by atoms with E-state index in [9.17, 15) is 9.90 Å². The van der Waals surface area contributed by atoms with Crippen LogP contribution in [0.2, 0.25) is 5.02 Å². The number of nitrogens with one attached hydrogen (secondary N) is 1. The molecule has 0 spiro atoms. The average Bonchev–Trinajstić information content (AvgIpc) is 3.73. The molecule has 2 aromatic heterocycles. The van der Waals surface area contributed by atoms with Crippen molar-refractivity contribution in [3.05, 3.63) is 101 Å². The molecule has 1 saturated carbocycles.